The van der Waals surface area contributed by atoms with Crippen molar-refractivity contribution in [3.63, 3.8) is 0 Å². The Balaban J connectivity index is 1.44. The van der Waals surface area contributed by atoms with Gasteiger partial charge in [0.25, 0.3) is 11.8 Å². The Morgan fingerprint density at radius 1 is 0.782 bits per heavy atom. The lowest BCUT2D eigenvalue weighted by Gasteiger charge is -2.11. The summed E-state index contributed by atoms with van der Waals surface area (Å²) in [6.07, 6.45) is 4.01. The number of ether oxygens (including phenoxy) is 1. The maximum atomic E-state index is 13.6. The lowest BCUT2D eigenvalue weighted by Crippen LogP contribution is -2.22. The van der Waals surface area contributed by atoms with Crippen LogP contribution in [0.25, 0.3) is 22.1 Å². The van der Waals surface area contributed by atoms with Gasteiger partial charge in [0.2, 0.25) is 23.1 Å². The van der Waals surface area contributed by atoms with Crippen LogP contribution in [0.3, 0.4) is 0 Å². The highest BCUT2D eigenvalue weighted by molar-refractivity contribution is 5.99. The van der Waals surface area contributed by atoms with Crippen molar-refractivity contribution in [3.8, 4) is 5.75 Å². The molecule has 0 radical (unpaired) electrons. The summed E-state index contributed by atoms with van der Waals surface area (Å²) in [4.78, 5) is 66.4. The molecule has 0 saturated carbocycles. The van der Waals surface area contributed by atoms with Crippen LogP contribution in [0.2, 0.25) is 0 Å². The van der Waals surface area contributed by atoms with Crippen LogP contribution in [0.1, 0.15) is 73.3 Å². The number of aryl methyl sites for hydroxylation is 4. The lowest BCUT2D eigenvalue weighted by atomic mass is 10.1. The number of aromatic amines is 2. The quantitative estimate of drug-likeness (QED) is 0.0811. The second-order valence-electron chi connectivity index (χ2n) is 12.7. The molecule has 2 aromatic carbocycles. The molecular weight excluding hydrogens is 708 g/mol. The van der Waals surface area contributed by atoms with Gasteiger partial charge in [0.15, 0.2) is 0 Å². The first-order chi connectivity index (χ1) is 26.4. The number of nitrogens with zero attached hydrogens (tertiary/aromatic N) is 8. The molecule has 0 fully saturated rings. The number of aliphatic hydroxyl groups is 1. The Hall–Kier alpha value is -6.82. The van der Waals surface area contributed by atoms with Crippen molar-refractivity contribution in [1.82, 2.24) is 38.7 Å². The summed E-state index contributed by atoms with van der Waals surface area (Å²) >= 11 is 0. The number of primary amides is 2. The van der Waals surface area contributed by atoms with Crippen LogP contribution in [0.4, 0.5) is 0 Å². The van der Waals surface area contributed by atoms with Crippen LogP contribution in [-0.4, -0.2) is 80.6 Å². The van der Waals surface area contributed by atoms with Gasteiger partial charge >= 0.3 is 0 Å². The van der Waals surface area contributed by atoms with Crippen molar-refractivity contribution in [2.45, 2.75) is 60.3 Å². The highest BCUT2D eigenvalue weighted by Gasteiger charge is 2.19. The van der Waals surface area contributed by atoms with Crippen LogP contribution in [0.5, 0.6) is 5.75 Å². The van der Waals surface area contributed by atoms with Gasteiger partial charge < -0.3 is 40.4 Å². The molecule has 0 bridgehead atoms. The number of nitrogens with two attached hydrogens (primary N) is 2. The van der Waals surface area contributed by atoms with E-state index >= 15 is 0 Å². The third-order valence-electron chi connectivity index (χ3n) is 8.76. The minimum atomic E-state index is -0.681. The van der Waals surface area contributed by atoms with E-state index in [9.17, 15) is 24.3 Å². The Morgan fingerprint density at radius 2 is 1.33 bits per heavy atom. The number of fused-ring (bicyclic) bond motifs is 2. The molecule has 18 nitrogen and oxygen atoms in total. The summed E-state index contributed by atoms with van der Waals surface area (Å²) in [5.41, 5.74) is 16.2. The number of amides is 4. The number of carbonyl (C=O) groups is 4. The van der Waals surface area contributed by atoms with E-state index in [2.05, 4.69) is 30.2 Å². The highest BCUT2D eigenvalue weighted by Crippen LogP contribution is 2.27. The highest BCUT2D eigenvalue weighted by atomic mass is 16.5. The number of hydrogen-bond acceptors (Lipinski definition) is 8. The molecule has 0 saturated heterocycles. The number of H-pyrrole nitrogens is 2. The topological polar surface area (TPSA) is 252 Å². The SMILES string of the molecule is CCn1nc(C)cc1C(=O)/N=c1/[nH]c2cc(C(N)=O)ccc2n1C/C=C/Cn1/c(=N\C(=O)c2cc(C)nn2CC)[nH]c2cc(C(N)=O)cc(OCCCO)c21. The van der Waals surface area contributed by atoms with Gasteiger partial charge in [0.1, 0.15) is 22.7 Å². The molecule has 4 amide bonds. The van der Waals surface area contributed by atoms with Gasteiger partial charge in [-0.15, -0.1) is 0 Å². The minimum absolute atomic E-state index is 0.106. The fourth-order valence-electron chi connectivity index (χ4n) is 6.22. The summed E-state index contributed by atoms with van der Waals surface area (Å²) in [6, 6.07) is 11.3. The van der Waals surface area contributed by atoms with Crippen LogP contribution in [0, 0.1) is 13.8 Å². The second kappa shape index (κ2) is 16.0. The van der Waals surface area contributed by atoms with Crippen molar-refractivity contribution in [3.05, 3.63) is 99.8 Å². The average Bonchev–Trinajstić information content (AvgIpc) is 3.92. The number of aliphatic hydroxyl groups excluding tert-OH is 1. The van der Waals surface area contributed by atoms with E-state index in [0.29, 0.717) is 70.1 Å². The van der Waals surface area contributed by atoms with Gasteiger partial charge in [-0.25, -0.2) is 0 Å². The summed E-state index contributed by atoms with van der Waals surface area (Å²) < 4.78 is 12.7. The molecule has 18 heteroatoms. The first-order valence-corrected chi connectivity index (χ1v) is 17.7. The molecule has 0 atom stereocenters. The van der Waals surface area contributed by atoms with E-state index in [4.69, 9.17) is 16.2 Å². The number of nitrogens with one attached hydrogen (secondary N) is 2. The molecule has 55 heavy (non-hydrogen) atoms. The molecule has 7 N–H and O–H groups in total. The van der Waals surface area contributed by atoms with Gasteiger partial charge in [-0.3, -0.25) is 28.5 Å². The number of aromatic nitrogens is 8. The molecule has 4 aromatic heterocycles. The van der Waals surface area contributed by atoms with Crippen LogP contribution in [0.15, 0.2) is 64.6 Å². The number of imidazole rings is 2. The number of rotatable bonds is 14. The zero-order valence-corrected chi connectivity index (χ0v) is 30.9. The molecule has 4 heterocycles. The van der Waals surface area contributed by atoms with E-state index < -0.39 is 23.6 Å². The summed E-state index contributed by atoms with van der Waals surface area (Å²) in [6.45, 7) is 8.71. The maximum absolute atomic E-state index is 13.6. The molecule has 0 aliphatic heterocycles. The zero-order valence-electron chi connectivity index (χ0n) is 30.9. The minimum Gasteiger partial charge on any atom is -0.491 e. The average molecular weight is 751 g/mol. The fraction of sp³-hybridized carbons (Fsp3) is 0.297. The largest absolute Gasteiger partial charge is 0.491 e. The van der Waals surface area contributed by atoms with Crippen LogP contribution >= 0.6 is 0 Å². The molecule has 0 unspecified atom stereocenters. The summed E-state index contributed by atoms with van der Waals surface area (Å²) in [5, 5.41) is 18.1. The van der Waals surface area contributed by atoms with Crippen LogP contribution < -0.4 is 27.4 Å². The standard InChI is InChI=1S/C37H42N12O6/c1-5-48-28(16-21(3)44-48)34(53)42-36-40-25-18-23(32(38)51)10-11-27(25)46(36)12-7-8-13-47-31-26(19-24(33(39)52)20-30(31)55-15-9-14-50)41-37(47)43-35(54)29-17-22(4)45-49(29)6-2/h7-8,10-11,16-20,50H,5-6,9,12-15H2,1-4H3,(H2,38,51)(H2,39,52)(H,40,42,53)(H,41,43,54)/b8-7+. The first-order valence-electron chi connectivity index (χ1n) is 17.7. The smallest absolute Gasteiger partial charge is 0.298 e. The number of carbonyl (C=O) groups excluding carboxylic acids is 4. The number of allylic oxidation sites excluding steroid dienone is 2. The van der Waals surface area contributed by atoms with Crippen LogP contribution in [-0.2, 0) is 26.2 Å². The maximum Gasteiger partial charge on any atom is 0.298 e. The van der Waals surface area contributed by atoms with Crippen molar-refractivity contribution in [2.75, 3.05) is 13.2 Å². The van der Waals surface area contributed by atoms with Gasteiger partial charge in [0.05, 0.1) is 34.5 Å². The summed E-state index contributed by atoms with van der Waals surface area (Å²) in [5.74, 6) is -2.03. The van der Waals surface area contributed by atoms with Gasteiger partial charge in [-0.05, 0) is 70.2 Å². The van der Waals surface area contributed by atoms with Gasteiger partial charge in [-0.2, -0.15) is 20.2 Å². The summed E-state index contributed by atoms with van der Waals surface area (Å²) in [7, 11) is 0. The molecule has 6 rings (SSSR count). The van der Waals surface area contributed by atoms with E-state index in [0.717, 1.165) is 0 Å². The molecular formula is C37H42N12O6. The molecule has 0 aliphatic rings. The van der Waals surface area contributed by atoms with E-state index in [1.54, 1.807) is 68.7 Å². The third-order valence-corrected chi connectivity index (χ3v) is 8.76. The zero-order chi connectivity index (χ0) is 39.4. The Labute approximate surface area is 313 Å². The number of benzene rings is 2. The second-order valence-corrected chi connectivity index (χ2v) is 12.7. The Bertz CT molecular complexity index is 2630. The third kappa shape index (κ3) is 7.93. The molecule has 0 spiro atoms. The van der Waals surface area contributed by atoms with Crippen molar-refractivity contribution >= 4 is 45.7 Å². The molecule has 0 aliphatic carbocycles. The Morgan fingerprint density at radius 3 is 1.89 bits per heavy atom. The first kappa shape index (κ1) is 37.9. The van der Waals surface area contributed by atoms with Crippen molar-refractivity contribution in [1.29, 1.82) is 0 Å². The molecule has 6 aromatic rings. The van der Waals surface area contributed by atoms with Gasteiger partial charge in [0, 0.05) is 50.3 Å². The van der Waals surface area contributed by atoms with Gasteiger partial charge in [-0.1, -0.05) is 12.2 Å². The number of hydrogen-bond donors (Lipinski definition) is 5. The normalized spacial score (nSPS) is 12.5. The van der Waals surface area contributed by atoms with E-state index in [-0.39, 0.29) is 48.7 Å². The predicted molar refractivity (Wildman–Crippen MR) is 201 cm³/mol. The van der Waals surface area contributed by atoms with Crippen molar-refractivity contribution < 1.29 is 29.0 Å². The van der Waals surface area contributed by atoms with E-state index in [1.807, 2.05) is 26.0 Å². The predicted octanol–water partition coefficient (Wildman–Crippen LogP) is 2.00. The monoisotopic (exact) mass is 750 g/mol. The fourth-order valence-corrected chi connectivity index (χ4v) is 6.22. The lowest BCUT2D eigenvalue weighted by molar-refractivity contribution is 0.0978. The van der Waals surface area contributed by atoms with Crippen molar-refractivity contribution in [2.24, 2.45) is 21.5 Å². The Kier molecular flexibility index (Phi) is 11.1. The molecule has 286 valence electrons. The van der Waals surface area contributed by atoms with E-state index in [1.165, 1.54) is 6.07 Å².